The van der Waals surface area contributed by atoms with Crippen LogP contribution in [0.25, 0.3) is 44.2 Å². The van der Waals surface area contributed by atoms with E-state index >= 15 is 0 Å². The van der Waals surface area contributed by atoms with Crippen LogP contribution in [0, 0.1) is 0 Å². The van der Waals surface area contributed by atoms with E-state index in [-0.39, 0.29) is 0 Å². The van der Waals surface area contributed by atoms with Gasteiger partial charge in [0.25, 0.3) is 0 Å². The van der Waals surface area contributed by atoms with E-state index in [1.165, 1.54) is 66.4 Å². The van der Waals surface area contributed by atoms with Gasteiger partial charge in [0.2, 0.25) is 0 Å². The Balaban J connectivity index is 1.22. The van der Waals surface area contributed by atoms with Crippen LogP contribution in [0.1, 0.15) is 22.3 Å². The number of anilines is 6. The first-order chi connectivity index (χ1) is 30.3. The van der Waals surface area contributed by atoms with Crippen LogP contribution in [0.5, 0.6) is 0 Å². The minimum Gasteiger partial charge on any atom is -0.310 e. The van der Waals surface area contributed by atoms with Crippen LogP contribution in [0.3, 0.4) is 0 Å². The van der Waals surface area contributed by atoms with Crippen LogP contribution in [0.2, 0.25) is 0 Å². The van der Waals surface area contributed by atoms with Crippen molar-refractivity contribution in [3.8, 4) is 33.4 Å². The zero-order valence-electron chi connectivity index (χ0n) is 33.5. The van der Waals surface area contributed by atoms with Crippen LogP contribution >= 0.6 is 0 Å². The van der Waals surface area contributed by atoms with Gasteiger partial charge in [-0.25, -0.2) is 0 Å². The molecule has 0 fully saturated rings. The molecule has 1 spiro atoms. The summed E-state index contributed by atoms with van der Waals surface area (Å²) >= 11 is 0. The van der Waals surface area contributed by atoms with Crippen molar-refractivity contribution in [1.29, 1.82) is 0 Å². The molecule has 0 amide bonds. The van der Waals surface area contributed by atoms with Crippen molar-refractivity contribution in [2.45, 2.75) is 5.41 Å². The number of rotatable bonds is 7. The molecule has 0 heterocycles. The van der Waals surface area contributed by atoms with Gasteiger partial charge in [-0.15, -0.1) is 0 Å². The maximum absolute atomic E-state index is 2.51. The molecule has 0 bridgehead atoms. The first-order valence-corrected chi connectivity index (χ1v) is 21.1. The molecule has 61 heavy (non-hydrogen) atoms. The van der Waals surface area contributed by atoms with Crippen molar-refractivity contribution in [3.63, 3.8) is 0 Å². The third-order valence-electron chi connectivity index (χ3n) is 12.8. The zero-order valence-corrected chi connectivity index (χ0v) is 33.5. The molecule has 10 aromatic carbocycles. The van der Waals surface area contributed by atoms with Gasteiger partial charge < -0.3 is 9.80 Å². The summed E-state index contributed by atoms with van der Waals surface area (Å²) in [5.41, 5.74) is 18.8. The standard InChI is InChI=1S/C59H40N2/c1-5-22-41(23-6-1)46-31-17-20-38-53(46)61(45-29-11-4-12-30-45)55-40-42-24-13-14-32-47(42)58-57(55)49-34-16-19-36-51(49)59(58)50-35-18-15-33-48(50)56-52(59)37-21-39-54(56)60(43-25-7-2-8-26-43)44-27-9-3-10-28-44/h1-40H. The molecule has 10 aromatic rings. The molecule has 12 rings (SSSR count). The van der Waals surface area contributed by atoms with Gasteiger partial charge in [0.1, 0.15) is 0 Å². The minimum atomic E-state index is -0.607. The first-order valence-electron chi connectivity index (χ1n) is 21.1. The quantitative estimate of drug-likeness (QED) is 0.159. The molecule has 0 saturated heterocycles. The van der Waals surface area contributed by atoms with Crippen LogP contribution < -0.4 is 9.80 Å². The summed E-state index contributed by atoms with van der Waals surface area (Å²) in [7, 11) is 0. The molecule has 286 valence electrons. The van der Waals surface area contributed by atoms with Crippen LogP contribution in [0.4, 0.5) is 34.1 Å². The van der Waals surface area contributed by atoms with Crippen molar-refractivity contribution in [2.75, 3.05) is 9.80 Å². The topological polar surface area (TPSA) is 6.48 Å². The Morgan fingerprint density at radius 1 is 0.295 bits per heavy atom. The molecule has 0 aromatic heterocycles. The monoisotopic (exact) mass is 776 g/mol. The highest BCUT2D eigenvalue weighted by Gasteiger charge is 2.54. The number of benzene rings is 10. The highest BCUT2D eigenvalue weighted by molar-refractivity contribution is 6.11. The SMILES string of the molecule is c1ccc(-c2ccccc2N(c2ccccc2)c2cc3ccccc3c3c2-c2ccccc2C32c3ccccc3-c3c(N(c4ccccc4)c4ccccc4)cccc32)cc1. The average molecular weight is 777 g/mol. The van der Waals surface area contributed by atoms with E-state index in [9.17, 15) is 0 Å². The van der Waals surface area contributed by atoms with Gasteiger partial charge in [0, 0.05) is 33.8 Å². The minimum absolute atomic E-state index is 0.607. The summed E-state index contributed by atoms with van der Waals surface area (Å²) in [6.07, 6.45) is 0. The lowest BCUT2D eigenvalue weighted by molar-refractivity contribution is 0.801. The lowest BCUT2D eigenvalue weighted by Gasteiger charge is -2.34. The molecule has 0 aliphatic heterocycles. The second-order valence-corrected chi connectivity index (χ2v) is 16.0. The Morgan fingerprint density at radius 2 is 0.754 bits per heavy atom. The third-order valence-corrected chi connectivity index (χ3v) is 12.8. The predicted molar refractivity (Wildman–Crippen MR) is 255 cm³/mol. The summed E-state index contributed by atoms with van der Waals surface area (Å²) in [6.45, 7) is 0. The van der Waals surface area contributed by atoms with E-state index in [1.54, 1.807) is 0 Å². The molecule has 2 aliphatic rings. The first kappa shape index (κ1) is 35.0. The lowest BCUT2D eigenvalue weighted by Crippen LogP contribution is -2.26. The fourth-order valence-electron chi connectivity index (χ4n) is 10.5. The normalized spacial score (nSPS) is 14.3. The fourth-order valence-corrected chi connectivity index (χ4v) is 10.5. The Bertz CT molecular complexity index is 3210. The van der Waals surface area contributed by atoms with E-state index in [4.69, 9.17) is 0 Å². The molecule has 0 N–H and O–H groups in total. The summed E-state index contributed by atoms with van der Waals surface area (Å²) in [5, 5.41) is 2.47. The summed E-state index contributed by atoms with van der Waals surface area (Å²) < 4.78 is 0. The summed E-state index contributed by atoms with van der Waals surface area (Å²) in [6, 6.07) is 89.0. The van der Waals surface area contributed by atoms with E-state index in [2.05, 4.69) is 252 Å². The molecule has 2 nitrogen and oxygen atoms in total. The summed E-state index contributed by atoms with van der Waals surface area (Å²) in [4.78, 5) is 4.94. The van der Waals surface area contributed by atoms with Gasteiger partial charge in [0.15, 0.2) is 0 Å². The van der Waals surface area contributed by atoms with Gasteiger partial charge >= 0.3 is 0 Å². The highest BCUT2D eigenvalue weighted by atomic mass is 15.2. The second kappa shape index (κ2) is 14.1. The van der Waals surface area contributed by atoms with Crippen molar-refractivity contribution in [3.05, 3.63) is 265 Å². The second-order valence-electron chi connectivity index (χ2n) is 16.0. The maximum Gasteiger partial charge on any atom is 0.0733 e. The molecular weight excluding hydrogens is 737 g/mol. The lowest BCUT2D eigenvalue weighted by atomic mass is 9.69. The van der Waals surface area contributed by atoms with Crippen LogP contribution in [0.15, 0.2) is 243 Å². The molecule has 1 atom stereocenters. The number of nitrogens with zero attached hydrogens (tertiary/aromatic N) is 2. The van der Waals surface area contributed by atoms with Gasteiger partial charge in [-0.05, 0) is 104 Å². The molecule has 2 aliphatic carbocycles. The average Bonchev–Trinajstić information content (AvgIpc) is 3.82. The number of para-hydroxylation sites is 4. The van der Waals surface area contributed by atoms with Crippen molar-refractivity contribution < 1.29 is 0 Å². The number of hydrogen-bond acceptors (Lipinski definition) is 2. The van der Waals surface area contributed by atoms with Crippen LogP contribution in [-0.4, -0.2) is 0 Å². The highest BCUT2D eigenvalue weighted by Crippen LogP contribution is 2.67. The Morgan fingerprint density at radius 3 is 1.39 bits per heavy atom. The molecule has 0 radical (unpaired) electrons. The van der Waals surface area contributed by atoms with Gasteiger partial charge in [-0.2, -0.15) is 0 Å². The van der Waals surface area contributed by atoms with E-state index in [1.807, 2.05) is 0 Å². The Kier molecular flexibility index (Phi) is 8.11. The van der Waals surface area contributed by atoms with Crippen molar-refractivity contribution >= 4 is 44.9 Å². The van der Waals surface area contributed by atoms with Crippen molar-refractivity contribution in [2.24, 2.45) is 0 Å². The molecule has 2 heteroatoms. The molecular formula is C59H40N2. The third kappa shape index (κ3) is 5.22. The van der Waals surface area contributed by atoms with E-state index < -0.39 is 5.41 Å². The van der Waals surface area contributed by atoms with Crippen molar-refractivity contribution in [1.82, 2.24) is 0 Å². The predicted octanol–water partition coefficient (Wildman–Crippen LogP) is 15.8. The smallest absolute Gasteiger partial charge is 0.0733 e. The summed E-state index contributed by atoms with van der Waals surface area (Å²) in [5.74, 6) is 0. The molecule has 0 saturated carbocycles. The van der Waals surface area contributed by atoms with Gasteiger partial charge in [-0.3, -0.25) is 0 Å². The Hall–Kier alpha value is -7.94. The fraction of sp³-hybridized carbons (Fsp3) is 0.0169. The van der Waals surface area contributed by atoms with Gasteiger partial charge in [0.05, 0.1) is 22.5 Å². The maximum atomic E-state index is 2.51. The molecule has 1 unspecified atom stereocenters. The van der Waals surface area contributed by atoms with E-state index in [0.717, 1.165) is 34.1 Å². The van der Waals surface area contributed by atoms with Gasteiger partial charge in [-0.1, -0.05) is 188 Å². The zero-order chi connectivity index (χ0) is 40.3. The van der Waals surface area contributed by atoms with E-state index in [0.29, 0.717) is 0 Å². The number of fused-ring (bicyclic) bond motifs is 12. The Labute approximate surface area is 356 Å². The largest absolute Gasteiger partial charge is 0.310 e. The van der Waals surface area contributed by atoms with Crippen LogP contribution in [-0.2, 0) is 5.41 Å². The number of hydrogen-bond donors (Lipinski definition) is 0.